The summed E-state index contributed by atoms with van der Waals surface area (Å²) in [6.07, 6.45) is 3.45. The third kappa shape index (κ3) is 6.35. The lowest BCUT2D eigenvalue weighted by molar-refractivity contribution is 0.0932. The summed E-state index contributed by atoms with van der Waals surface area (Å²) in [6.45, 7) is 7.98. The zero-order chi connectivity index (χ0) is 22.3. The van der Waals surface area contributed by atoms with Crippen molar-refractivity contribution >= 4 is 21.6 Å². The second-order valence-corrected chi connectivity index (χ2v) is 9.47. The Bertz CT molecular complexity index is 952. The standard InChI is InChI=1S/C23H30N2O4S/c1-6-15-25(30(5,27)28)20-11-7-19(8-12-20)23(26)24-22(16-17(2)3)18-9-13-21(29-4)14-10-18/h6-14,17,22H,1,15-16H2,2-5H3,(H,24,26)/t22-/m0/s1. The smallest absolute Gasteiger partial charge is 0.251 e. The van der Waals surface area contributed by atoms with Crippen molar-refractivity contribution in [2.24, 2.45) is 5.92 Å². The number of anilines is 1. The summed E-state index contributed by atoms with van der Waals surface area (Å²) in [5.74, 6) is 0.943. The molecule has 0 fully saturated rings. The van der Waals surface area contributed by atoms with E-state index in [-0.39, 0.29) is 18.5 Å². The van der Waals surface area contributed by atoms with Crippen molar-refractivity contribution in [3.8, 4) is 5.75 Å². The minimum absolute atomic E-state index is 0.142. The Labute approximate surface area is 179 Å². The molecule has 0 heterocycles. The molecule has 0 aliphatic rings. The maximum absolute atomic E-state index is 12.9. The summed E-state index contributed by atoms with van der Waals surface area (Å²) in [6, 6.07) is 14.0. The third-order valence-electron chi connectivity index (χ3n) is 4.64. The molecule has 30 heavy (non-hydrogen) atoms. The van der Waals surface area contributed by atoms with Crippen molar-refractivity contribution in [1.82, 2.24) is 5.32 Å². The molecule has 0 saturated carbocycles. The fraction of sp³-hybridized carbons (Fsp3) is 0.348. The van der Waals surface area contributed by atoms with E-state index in [1.807, 2.05) is 24.3 Å². The number of amides is 1. The van der Waals surface area contributed by atoms with Crippen LogP contribution < -0.4 is 14.4 Å². The average molecular weight is 431 g/mol. The van der Waals surface area contributed by atoms with Gasteiger partial charge in [-0.3, -0.25) is 9.10 Å². The van der Waals surface area contributed by atoms with Crippen LogP contribution in [-0.4, -0.2) is 34.2 Å². The number of carbonyl (C=O) groups excluding carboxylic acids is 1. The normalized spacial score (nSPS) is 12.3. The molecule has 1 amide bonds. The van der Waals surface area contributed by atoms with Gasteiger partial charge in [0.2, 0.25) is 10.0 Å². The van der Waals surface area contributed by atoms with Gasteiger partial charge in [0, 0.05) is 5.56 Å². The number of rotatable bonds is 10. The maximum Gasteiger partial charge on any atom is 0.251 e. The van der Waals surface area contributed by atoms with Crippen molar-refractivity contribution in [2.75, 3.05) is 24.2 Å². The van der Waals surface area contributed by atoms with Gasteiger partial charge in [-0.1, -0.05) is 32.1 Å². The first-order valence-electron chi connectivity index (χ1n) is 9.79. The lowest BCUT2D eigenvalue weighted by atomic mass is 9.96. The Hall–Kier alpha value is -2.80. The molecule has 0 radical (unpaired) electrons. The summed E-state index contributed by atoms with van der Waals surface area (Å²) in [7, 11) is -1.82. The molecule has 162 valence electrons. The predicted molar refractivity (Wildman–Crippen MR) is 121 cm³/mol. The van der Waals surface area contributed by atoms with Gasteiger partial charge in [-0.2, -0.15) is 0 Å². The number of nitrogens with zero attached hydrogens (tertiary/aromatic N) is 1. The molecule has 1 N–H and O–H groups in total. The van der Waals surface area contributed by atoms with Crippen molar-refractivity contribution in [2.45, 2.75) is 26.3 Å². The van der Waals surface area contributed by atoms with Crippen molar-refractivity contribution in [1.29, 1.82) is 0 Å². The Morgan fingerprint density at radius 3 is 2.20 bits per heavy atom. The average Bonchev–Trinajstić information content (AvgIpc) is 2.70. The van der Waals surface area contributed by atoms with Gasteiger partial charge in [-0.05, 0) is 54.3 Å². The Kier molecular flexibility index (Phi) is 8.06. The van der Waals surface area contributed by atoms with Gasteiger partial charge in [0.05, 0.1) is 31.6 Å². The number of carbonyl (C=O) groups is 1. The SMILES string of the molecule is C=CCN(c1ccc(C(=O)N[C@@H](CC(C)C)c2ccc(OC)cc2)cc1)S(C)(=O)=O. The fourth-order valence-corrected chi connectivity index (χ4v) is 4.04. The van der Waals surface area contributed by atoms with Crippen LogP contribution in [0, 0.1) is 5.92 Å². The Morgan fingerprint density at radius 1 is 1.13 bits per heavy atom. The van der Waals surface area contributed by atoms with Crippen LogP contribution in [0.4, 0.5) is 5.69 Å². The van der Waals surface area contributed by atoms with Crippen LogP contribution >= 0.6 is 0 Å². The third-order valence-corrected chi connectivity index (χ3v) is 5.80. The largest absolute Gasteiger partial charge is 0.497 e. The van der Waals surface area contributed by atoms with Gasteiger partial charge in [0.15, 0.2) is 0 Å². The zero-order valence-corrected chi connectivity index (χ0v) is 18.8. The highest BCUT2D eigenvalue weighted by Gasteiger charge is 2.19. The van der Waals surface area contributed by atoms with Crippen LogP contribution in [0.5, 0.6) is 5.75 Å². The van der Waals surface area contributed by atoms with Gasteiger partial charge >= 0.3 is 0 Å². The first-order chi connectivity index (χ1) is 14.2. The van der Waals surface area contributed by atoms with Crippen molar-refractivity contribution in [3.05, 3.63) is 72.3 Å². The van der Waals surface area contributed by atoms with Crippen molar-refractivity contribution in [3.63, 3.8) is 0 Å². The van der Waals surface area contributed by atoms with Gasteiger partial charge in [0.25, 0.3) is 5.91 Å². The molecule has 2 rings (SSSR count). The second-order valence-electron chi connectivity index (χ2n) is 7.56. The minimum atomic E-state index is -3.44. The highest BCUT2D eigenvalue weighted by atomic mass is 32.2. The summed E-state index contributed by atoms with van der Waals surface area (Å²) in [5.41, 5.74) is 1.96. The number of benzene rings is 2. The number of methoxy groups -OCH3 is 1. The zero-order valence-electron chi connectivity index (χ0n) is 18.0. The lowest BCUT2D eigenvalue weighted by Crippen LogP contribution is -2.31. The van der Waals surface area contributed by atoms with E-state index in [1.54, 1.807) is 31.4 Å². The second kappa shape index (κ2) is 10.3. The summed E-state index contributed by atoms with van der Waals surface area (Å²) < 4.78 is 30.4. The van der Waals surface area contributed by atoms with Gasteiger partial charge in [-0.15, -0.1) is 6.58 Å². The Balaban J connectivity index is 2.21. The minimum Gasteiger partial charge on any atom is -0.497 e. The predicted octanol–water partition coefficient (Wildman–Crippen LogP) is 4.16. The van der Waals surface area contributed by atoms with E-state index < -0.39 is 10.0 Å². The van der Waals surface area contributed by atoms with E-state index in [9.17, 15) is 13.2 Å². The highest BCUT2D eigenvalue weighted by Crippen LogP contribution is 2.25. The molecule has 0 aromatic heterocycles. The molecule has 0 bridgehead atoms. The number of ether oxygens (including phenoxy) is 1. The quantitative estimate of drug-likeness (QED) is 0.574. The molecule has 0 saturated heterocycles. The number of nitrogens with one attached hydrogen (secondary N) is 1. The van der Waals surface area contributed by atoms with E-state index in [0.717, 1.165) is 24.0 Å². The molecule has 0 unspecified atom stereocenters. The van der Waals surface area contributed by atoms with Crippen molar-refractivity contribution < 1.29 is 17.9 Å². The molecule has 0 aliphatic carbocycles. The van der Waals surface area contributed by atoms with E-state index in [1.165, 1.54) is 10.4 Å². The van der Waals surface area contributed by atoms with Crippen LogP contribution in [0.3, 0.4) is 0 Å². The van der Waals surface area contributed by atoms with Crippen LogP contribution in [0.2, 0.25) is 0 Å². The van der Waals surface area contributed by atoms with Gasteiger partial charge in [-0.25, -0.2) is 8.42 Å². The van der Waals surface area contributed by atoms with Gasteiger partial charge < -0.3 is 10.1 Å². The molecule has 7 heteroatoms. The van der Waals surface area contributed by atoms with E-state index in [2.05, 4.69) is 25.7 Å². The molecule has 2 aromatic carbocycles. The molecule has 1 atom stereocenters. The van der Waals surface area contributed by atoms with E-state index in [0.29, 0.717) is 17.2 Å². The summed E-state index contributed by atoms with van der Waals surface area (Å²) in [5, 5.41) is 3.09. The molecule has 6 nitrogen and oxygen atoms in total. The molecule has 2 aromatic rings. The monoisotopic (exact) mass is 430 g/mol. The number of sulfonamides is 1. The van der Waals surface area contributed by atoms with E-state index >= 15 is 0 Å². The topological polar surface area (TPSA) is 75.7 Å². The van der Waals surface area contributed by atoms with Crippen LogP contribution in [0.15, 0.2) is 61.2 Å². The highest BCUT2D eigenvalue weighted by molar-refractivity contribution is 7.92. The lowest BCUT2D eigenvalue weighted by Gasteiger charge is -2.22. The van der Waals surface area contributed by atoms with Crippen LogP contribution in [-0.2, 0) is 10.0 Å². The number of hydrogen-bond donors (Lipinski definition) is 1. The molecular formula is C23H30N2O4S. The summed E-state index contributed by atoms with van der Waals surface area (Å²) in [4.78, 5) is 12.9. The Morgan fingerprint density at radius 2 is 1.73 bits per heavy atom. The van der Waals surface area contributed by atoms with Crippen LogP contribution in [0.1, 0.15) is 42.2 Å². The maximum atomic E-state index is 12.9. The molecular weight excluding hydrogens is 400 g/mol. The summed E-state index contributed by atoms with van der Waals surface area (Å²) >= 11 is 0. The first-order valence-corrected chi connectivity index (χ1v) is 11.6. The molecule has 0 spiro atoms. The van der Waals surface area contributed by atoms with E-state index in [4.69, 9.17) is 4.74 Å². The van der Waals surface area contributed by atoms with Gasteiger partial charge in [0.1, 0.15) is 5.75 Å². The number of hydrogen-bond acceptors (Lipinski definition) is 4. The molecule has 0 aliphatic heterocycles. The fourth-order valence-electron chi connectivity index (χ4n) is 3.16. The van der Waals surface area contributed by atoms with Crippen LogP contribution in [0.25, 0.3) is 0 Å². The first kappa shape index (κ1) is 23.5.